The summed E-state index contributed by atoms with van der Waals surface area (Å²) >= 11 is 0. The van der Waals surface area contributed by atoms with E-state index in [1.54, 1.807) is 0 Å². The lowest BCUT2D eigenvalue weighted by Gasteiger charge is -2.04. The van der Waals surface area contributed by atoms with Crippen molar-refractivity contribution >= 4 is 0 Å². The summed E-state index contributed by atoms with van der Waals surface area (Å²) in [5.74, 6) is 1.12. The number of rotatable bonds is 2. The zero-order valence-corrected chi connectivity index (χ0v) is 7.35. The monoisotopic (exact) mass is 152 g/mol. The van der Waals surface area contributed by atoms with Crippen molar-refractivity contribution in [3.63, 3.8) is 0 Å². The van der Waals surface area contributed by atoms with E-state index in [1.165, 1.54) is 5.57 Å². The van der Waals surface area contributed by atoms with E-state index in [0.29, 0.717) is 11.7 Å². The summed E-state index contributed by atoms with van der Waals surface area (Å²) in [5.41, 5.74) is 2.12. The minimum atomic E-state index is 0.485. The van der Waals surface area contributed by atoms with Crippen molar-refractivity contribution in [3.8, 4) is 0 Å². The number of aliphatic hydroxyl groups is 1. The molecule has 0 spiro atoms. The van der Waals surface area contributed by atoms with Crippen LogP contribution in [0.2, 0.25) is 0 Å². The number of hydrogen-bond acceptors (Lipinski definition) is 1. The van der Waals surface area contributed by atoms with Crippen LogP contribution < -0.4 is 0 Å². The fourth-order valence-corrected chi connectivity index (χ4v) is 1.48. The largest absolute Gasteiger partial charge is 0.508 e. The Morgan fingerprint density at radius 3 is 2.45 bits per heavy atom. The van der Waals surface area contributed by atoms with E-state index in [0.717, 1.165) is 24.8 Å². The van der Waals surface area contributed by atoms with Crippen LogP contribution in [0.3, 0.4) is 0 Å². The lowest BCUT2D eigenvalue weighted by Crippen LogP contribution is -1.91. The van der Waals surface area contributed by atoms with Crippen molar-refractivity contribution < 1.29 is 5.11 Å². The quantitative estimate of drug-likeness (QED) is 0.644. The Morgan fingerprint density at radius 1 is 1.45 bits per heavy atom. The topological polar surface area (TPSA) is 20.2 Å². The van der Waals surface area contributed by atoms with Gasteiger partial charge in [0.1, 0.15) is 5.76 Å². The summed E-state index contributed by atoms with van der Waals surface area (Å²) in [6, 6.07) is 0. The van der Waals surface area contributed by atoms with Crippen LogP contribution >= 0.6 is 0 Å². The molecule has 1 N–H and O–H groups in total. The molecule has 11 heavy (non-hydrogen) atoms. The van der Waals surface area contributed by atoms with E-state index in [2.05, 4.69) is 20.4 Å². The molecular weight excluding hydrogens is 136 g/mol. The van der Waals surface area contributed by atoms with Gasteiger partial charge in [-0.1, -0.05) is 20.4 Å². The molecule has 0 saturated carbocycles. The second-order valence-corrected chi connectivity index (χ2v) is 3.65. The first kappa shape index (κ1) is 8.38. The van der Waals surface area contributed by atoms with Crippen LogP contribution in [0.15, 0.2) is 23.5 Å². The molecule has 0 aromatic heterocycles. The number of aliphatic hydroxyl groups excluding tert-OH is 1. The fraction of sp³-hybridized carbons (Fsp3) is 0.600. The molecule has 1 aliphatic rings. The van der Waals surface area contributed by atoms with Gasteiger partial charge in [-0.05, 0) is 36.3 Å². The average Bonchev–Trinajstić information content (AvgIpc) is 2.18. The van der Waals surface area contributed by atoms with Crippen molar-refractivity contribution in [3.05, 3.63) is 23.5 Å². The number of allylic oxidation sites excluding steroid dienone is 2. The second-order valence-electron chi connectivity index (χ2n) is 3.65. The molecule has 1 aliphatic carbocycles. The first-order chi connectivity index (χ1) is 5.11. The van der Waals surface area contributed by atoms with Gasteiger partial charge >= 0.3 is 0 Å². The fourth-order valence-electron chi connectivity index (χ4n) is 1.48. The molecule has 0 aromatic carbocycles. The Bertz CT molecular complexity index is 199. The zero-order valence-electron chi connectivity index (χ0n) is 7.35. The zero-order chi connectivity index (χ0) is 8.43. The molecule has 0 unspecified atom stereocenters. The Kier molecular flexibility index (Phi) is 2.38. The minimum absolute atomic E-state index is 0.485. The summed E-state index contributed by atoms with van der Waals surface area (Å²) in [6.45, 7) is 8.12. The summed E-state index contributed by atoms with van der Waals surface area (Å²) in [7, 11) is 0. The third-order valence-electron chi connectivity index (χ3n) is 2.05. The number of hydrogen-bond donors (Lipinski definition) is 1. The maximum atomic E-state index is 9.49. The van der Waals surface area contributed by atoms with Crippen molar-refractivity contribution in [2.75, 3.05) is 0 Å². The first-order valence-corrected chi connectivity index (χ1v) is 4.20. The molecule has 62 valence electrons. The second kappa shape index (κ2) is 3.12. The van der Waals surface area contributed by atoms with Crippen LogP contribution in [-0.4, -0.2) is 5.11 Å². The molecule has 0 amide bonds. The van der Waals surface area contributed by atoms with Gasteiger partial charge in [0.15, 0.2) is 0 Å². The van der Waals surface area contributed by atoms with E-state index in [-0.39, 0.29) is 0 Å². The summed E-state index contributed by atoms with van der Waals surface area (Å²) in [4.78, 5) is 0. The van der Waals surface area contributed by atoms with Crippen LogP contribution in [0.4, 0.5) is 0 Å². The molecule has 0 radical (unpaired) electrons. The van der Waals surface area contributed by atoms with Crippen molar-refractivity contribution in [1.29, 1.82) is 0 Å². The van der Waals surface area contributed by atoms with E-state index in [1.807, 2.05) is 0 Å². The summed E-state index contributed by atoms with van der Waals surface area (Å²) < 4.78 is 0. The van der Waals surface area contributed by atoms with Gasteiger partial charge in [-0.2, -0.15) is 0 Å². The average molecular weight is 152 g/mol. The van der Waals surface area contributed by atoms with Gasteiger partial charge < -0.3 is 5.11 Å². The van der Waals surface area contributed by atoms with Gasteiger partial charge in [-0.3, -0.25) is 0 Å². The van der Waals surface area contributed by atoms with Gasteiger partial charge in [0.25, 0.3) is 0 Å². The maximum absolute atomic E-state index is 9.49. The van der Waals surface area contributed by atoms with Crippen LogP contribution in [0.5, 0.6) is 0 Å². The van der Waals surface area contributed by atoms with Crippen LogP contribution in [0.25, 0.3) is 0 Å². The van der Waals surface area contributed by atoms with Gasteiger partial charge in [-0.15, -0.1) is 0 Å². The van der Waals surface area contributed by atoms with Crippen LogP contribution in [-0.2, 0) is 0 Å². The molecule has 1 heteroatoms. The first-order valence-electron chi connectivity index (χ1n) is 4.20. The Labute approximate surface area is 68.4 Å². The predicted molar refractivity (Wildman–Crippen MR) is 47.5 cm³/mol. The van der Waals surface area contributed by atoms with Gasteiger partial charge in [-0.25, -0.2) is 0 Å². The maximum Gasteiger partial charge on any atom is 0.117 e. The normalized spacial score (nSPS) is 18.6. The molecular formula is C10H16O. The highest BCUT2D eigenvalue weighted by Crippen LogP contribution is 2.31. The Morgan fingerprint density at radius 2 is 2.09 bits per heavy atom. The SMILES string of the molecule is C=C1CCC(CC(C)C)=C1O. The smallest absolute Gasteiger partial charge is 0.117 e. The third kappa shape index (κ3) is 1.86. The highest BCUT2D eigenvalue weighted by molar-refractivity contribution is 5.33. The van der Waals surface area contributed by atoms with E-state index >= 15 is 0 Å². The third-order valence-corrected chi connectivity index (χ3v) is 2.05. The molecule has 0 bridgehead atoms. The predicted octanol–water partition coefficient (Wildman–Crippen LogP) is 3.19. The lowest BCUT2D eigenvalue weighted by atomic mass is 10.0. The molecule has 0 saturated heterocycles. The summed E-state index contributed by atoms with van der Waals surface area (Å²) in [5, 5.41) is 9.49. The van der Waals surface area contributed by atoms with Crippen molar-refractivity contribution in [1.82, 2.24) is 0 Å². The molecule has 1 nitrogen and oxygen atoms in total. The van der Waals surface area contributed by atoms with Gasteiger partial charge in [0.05, 0.1) is 0 Å². The van der Waals surface area contributed by atoms with Crippen molar-refractivity contribution in [2.24, 2.45) is 5.92 Å². The highest BCUT2D eigenvalue weighted by atomic mass is 16.3. The van der Waals surface area contributed by atoms with E-state index in [4.69, 9.17) is 0 Å². The molecule has 0 aliphatic heterocycles. The lowest BCUT2D eigenvalue weighted by molar-refractivity contribution is 0.416. The highest BCUT2D eigenvalue weighted by Gasteiger charge is 2.17. The van der Waals surface area contributed by atoms with Gasteiger partial charge in [0.2, 0.25) is 0 Å². The molecule has 0 fully saturated rings. The van der Waals surface area contributed by atoms with Crippen molar-refractivity contribution in [2.45, 2.75) is 33.1 Å². The summed E-state index contributed by atoms with van der Waals surface area (Å²) in [6.07, 6.45) is 2.99. The molecule has 0 atom stereocenters. The van der Waals surface area contributed by atoms with E-state index in [9.17, 15) is 5.11 Å². The standard InChI is InChI=1S/C10H16O/c1-7(2)6-9-5-4-8(3)10(9)11/h7,11H,3-6H2,1-2H3. The molecule has 0 aromatic rings. The van der Waals surface area contributed by atoms with Crippen LogP contribution in [0.1, 0.15) is 33.1 Å². The Balaban J connectivity index is 2.64. The molecule has 1 rings (SSSR count). The van der Waals surface area contributed by atoms with Gasteiger partial charge in [0, 0.05) is 0 Å². The Hall–Kier alpha value is -0.720. The van der Waals surface area contributed by atoms with E-state index < -0.39 is 0 Å². The minimum Gasteiger partial charge on any atom is -0.508 e. The van der Waals surface area contributed by atoms with Crippen LogP contribution in [0, 0.1) is 5.92 Å². The molecule has 0 heterocycles.